The molecule has 0 aliphatic heterocycles. The van der Waals surface area contributed by atoms with Gasteiger partial charge in [0, 0.05) is 24.7 Å². The van der Waals surface area contributed by atoms with Gasteiger partial charge in [0.15, 0.2) is 0 Å². The highest BCUT2D eigenvalue weighted by Crippen LogP contribution is 2.17. The fourth-order valence-electron chi connectivity index (χ4n) is 1.17. The third-order valence-electron chi connectivity index (χ3n) is 1.86. The van der Waals surface area contributed by atoms with E-state index in [2.05, 4.69) is 11.9 Å². The lowest BCUT2D eigenvalue weighted by Crippen LogP contribution is -2.16. The topological polar surface area (TPSA) is 64.3 Å². The van der Waals surface area contributed by atoms with Gasteiger partial charge in [-0.3, -0.25) is 4.79 Å². The molecular formula is C12H16N2O2. The van der Waals surface area contributed by atoms with Crippen LogP contribution in [-0.4, -0.2) is 19.1 Å². The van der Waals surface area contributed by atoms with Crippen molar-refractivity contribution in [1.29, 1.82) is 0 Å². The number of hydrogen-bond acceptors (Lipinski definition) is 3. The number of carbonyl (C=O) groups is 1. The van der Waals surface area contributed by atoms with Gasteiger partial charge in [0.05, 0.1) is 0 Å². The highest BCUT2D eigenvalue weighted by Gasteiger charge is 2.01. The van der Waals surface area contributed by atoms with E-state index in [0.717, 1.165) is 0 Å². The Morgan fingerprint density at radius 2 is 2.38 bits per heavy atom. The molecule has 0 bridgehead atoms. The van der Waals surface area contributed by atoms with Crippen molar-refractivity contribution in [3.8, 4) is 5.75 Å². The minimum absolute atomic E-state index is 0.0941. The highest BCUT2D eigenvalue weighted by atomic mass is 16.5. The van der Waals surface area contributed by atoms with Crippen molar-refractivity contribution in [3.05, 3.63) is 36.9 Å². The molecule has 1 amide bonds. The third kappa shape index (κ3) is 4.14. The number of anilines is 1. The number of hydrogen-bond donors (Lipinski definition) is 2. The molecule has 0 aliphatic rings. The molecule has 1 aromatic rings. The van der Waals surface area contributed by atoms with Crippen molar-refractivity contribution >= 4 is 11.6 Å². The Bertz CT molecular complexity index is 364. The summed E-state index contributed by atoms with van der Waals surface area (Å²) in [6.07, 6.45) is 1.98. The van der Waals surface area contributed by atoms with Gasteiger partial charge in [0.1, 0.15) is 12.4 Å². The summed E-state index contributed by atoms with van der Waals surface area (Å²) in [5, 5.41) is 2.73. The van der Waals surface area contributed by atoms with Crippen molar-refractivity contribution in [2.24, 2.45) is 5.73 Å². The van der Waals surface area contributed by atoms with Gasteiger partial charge >= 0.3 is 0 Å². The van der Waals surface area contributed by atoms with Gasteiger partial charge in [-0.1, -0.05) is 18.7 Å². The van der Waals surface area contributed by atoms with E-state index in [4.69, 9.17) is 10.5 Å². The largest absolute Gasteiger partial charge is 0.489 e. The number of benzene rings is 1. The average Bonchev–Trinajstić information content (AvgIpc) is 2.27. The molecule has 86 valence electrons. The van der Waals surface area contributed by atoms with Crippen molar-refractivity contribution in [3.63, 3.8) is 0 Å². The summed E-state index contributed by atoms with van der Waals surface area (Å²) in [5.41, 5.74) is 5.99. The highest BCUT2D eigenvalue weighted by molar-refractivity contribution is 5.90. The summed E-state index contributed by atoms with van der Waals surface area (Å²) < 4.78 is 5.34. The first-order valence-electron chi connectivity index (χ1n) is 5.10. The first kappa shape index (κ1) is 12.3. The van der Waals surface area contributed by atoms with E-state index in [0.29, 0.717) is 31.0 Å². The summed E-state index contributed by atoms with van der Waals surface area (Å²) >= 11 is 0. The number of nitrogens with two attached hydrogens (primary N) is 1. The molecule has 0 unspecified atom stereocenters. The van der Waals surface area contributed by atoms with Gasteiger partial charge in [0.2, 0.25) is 5.91 Å². The molecule has 0 aliphatic carbocycles. The van der Waals surface area contributed by atoms with Crippen LogP contribution in [0.15, 0.2) is 36.9 Å². The Hall–Kier alpha value is -1.81. The maximum absolute atomic E-state index is 11.3. The Morgan fingerprint density at radius 1 is 1.56 bits per heavy atom. The van der Waals surface area contributed by atoms with E-state index in [-0.39, 0.29) is 5.91 Å². The number of carbonyl (C=O) groups excluding carboxylic acids is 1. The Morgan fingerprint density at radius 3 is 3.06 bits per heavy atom. The van der Waals surface area contributed by atoms with Crippen LogP contribution >= 0.6 is 0 Å². The summed E-state index contributed by atoms with van der Waals surface area (Å²) in [5.74, 6) is 0.605. The van der Waals surface area contributed by atoms with E-state index in [1.54, 1.807) is 18.2 Å². The molecule has 0 fully saturated rings. The number of amides is 1. The molecule has 3 N–H and O–H groups in total. The van der Waals surface area contributed by atoms with Crippen LogP contribution in [0, 0.1) is 0 Å². The van der Waals surface area contributed by atoms with Gasteiger partial charge in [-0.2, -0.15) is 0 Å². The summed E-state index contributed by atoms with van der Waals surface area (Å²) in [7, 11) is 0. The van der Waals surface area contributed by atoms with Crippen LogP contribution in [0.25, 0.3) is 0 Å². The number of rotatable bonds is 6. The molecule has 4 heteroatoms. The second-order valence-corrected chi connectivity index (χ2v) is 3.21. The maximum atomic E-state index is 11.3. The lowest BCUT2D eigenvalue weighted by molar-refractivity contribution is -0.116. The molecule has 0 saturated heterocycles. The second-order valence-electron chi connectivity index (χ2n) is 3.21. The zero-order valence-corrected chi connectivity index (χ0v) is 9.11. The fraction of sp³-hybridized carbons (Fsp3) is 0.250. The predicted molar refractivity (Wildman–Crippen MR) is 64.4 cm³/mol. The fourth-order valence-corrected chi connectivity index (χ4v) is 1.17. The van der Waals surface area contributed by atoms with Crippen LogP contribution in [0.2, 0.25) is 0 Å². The van der Waals surface area contributed by atoms with Crippen molar-refractivity contribution in [2.75, 3.05) is 18.5 Å². The van der Waals surface area contributed by atoms with E-state index in [1.807, 2.05) is 12.1 Å². The third-order valence-corrected chi connectivity index (χ3v) is 1.86. The summed E-state index contributed by atoms with van der Waals surface area (Å²) in [6, 6.07) is 7.20. The molecule has 1 aromatic carbocycles. The lowest BCUT2D eigenvalue weighted by atomic mass is 10.3. The van der Waals surface area contributed by atoms with Crippen LogP contribution < -0.4 is 15.8 Å². The molecule has 4 nitrogen and oxygen atoms in total. The Kier molecular flexibility index (Phi) is 5.08. The minimum atomic E-state index is -0.0941. The molecule has 0 heterocycles. The van der Waals surface area contributed by atoms with Gasteiger partial charge in [0.25, 0.3) is 0 Å². The van der Waals surface area contributed by atoms with Gasteiger partial charge in [-0.15, -0.1) is 0 Å². The van der Waals surface area contributed by atoms with Crippen LogP contribution in [0.5, 0.6) is 5.75 Å². The van der Waals surface area contributed by atoms with E-state index < -0.39 is 0 Å². The number of nitrogens with one attached hydrogen (secondary N) is 1. The average molecular weight is 220 g/mol. The zero-order valence-electron chi connectivity index (χ0n) is 9.11. The molecule has 0 spiro atoms. The van der Waals surface area contributed by atoms with Crippen molar-refractivity contribution in [1.82, 2.24) is 0 Å². The van der Waals surface area contributed by atoms with Crippen LogP contribution in [-0.2, 0) is 4.79 Å². The van der Waals surface area contributed by atoms with E-state index in [1.165, 1.54) is 0 Å². The minimum Gasteiger partial charge on any atom is -0.489 e. The second kappa shape index (κ2) is 6.63. The number of ether oxygens (including phenoxy) is 1. The monoisotopic (exact) mass is 220 g/mol. The molecule has 1 rings (SSSR count). The maximum Gasteiger partial charge on any atom is 0.225 e. The lowest BCUT2D eigenvalue weighted by Gasteiger charge is -2.07. The van der Waals surface area contributed by atoms with Crippen LogP contribution in [0.4, 0.5) is 5.69 Å². The van der Waals surface area contributed by atoms with Gasteiger partial charge < -0.3 is 15.8 Å². The van der Waals surface area contributed by atoms with E-state index in [9.17, 15) is 4.79 Å². The summed E-state index contributed by atoms with van der Waals surface area (Å²) in [4.78, 5) is 11.3. The summed E-state index contributed by atoms with van der Waals surface area (Å²) in [6.45, 7) is 4.35. The van der Waals surface area contributed by atoms with Crippen molar-refractivity contribution in [2.45, 2.75) is 6.42 Å². The molecule has 0 saturated carbocycles. The Labute approximate surface area is 95.1 Å². The molecule has 16 heavy (non-hydrogen) atoms. The standard InChI is InChI=1S/C12H16N2O2/c1-2-8-16-11-5-3-4-10(9-11)14-12(15)6-7-13/h2-5,9H,1,6-8,13H2,(H,14,15). The first-order chi connectivity index (χ1) is 7.76. The Balaban J connectivity index is 2.59. The van der Waals surface area contributed by atoms with E-state index >= 15 is 0 Å². The smallest absolute Gasteiger partial charge is 0.225 e. The first-order valence-corrected chi connectivity index (χ1v) is 5.10. The molecule has 0 aromatic heterocycles. The van der Waals surface area contributed by atoms with Crippen LogP contribution in [0.1, 0.15) is 6.42 Å². The van der Waals surface area contributed by atoms with Crippen molar-refractivity contribution < 1.29 is 9.53 Å². The molecule has 0 radical (unpaired) electrons. The van der Waals surface area contributed by atoms with Crippen LogP contribution in [0.3, 0.4) is 0 Å². The molecule has 0 atom stereocenters. The normalized spacial score (nSPS) is 9.56. The quantitative estimate of drug-likeness (QED) is 0.715. The van der Waals surface area contributed by atoms with Gasteiger partial charge in [-0.25, -0.2) is 0 Å². The molecular weight excluding hydrogens is 204 g/mol. The SMILES string of the molecule is C=CCOc1cccc(NC(=O)CCN)c1. The zero-order chi connectivity index (χ0) is 11.8. The predicted octanol–water partition coefficient (Wildman–Crippen LogP) is 1.54. The van der Waals surface area contributed by atoms with Gasteiger partial charge in [-0.05, 0) is 12.1 Å².